The molecular formula is C8H13Cl3FN2O2+. The van der Waals surface area contributed by atoms with Gasteiger partial charge in [0.2, 0.25) is 6.17 Å². The van der Waals surface area contributed by atoms with Crippen molar-refractivity contribution in [1.29, 1.82) is 0 Å². The van der Waals surface area contributed by atoms with Gasteiger partial charge in [-0.2, -0.15) is 0 Å². The molecular weight excluding hydrogens is 281 g/mol. The van der Waals surface area contributed by atoms with Crippen molar-refractivity contribution in [3.63, 3.8) is 0 Å². The highest BCUT2D eigenvalue weighted by Gasteiger charge is 2.42. The Morgan fingerprint density at radius 3 is 2.44 bits per heavy atom. The lowest BCUT2D eigenvalue weighted by Gasteiger charge is -2.34. The Hall–Kier alpha value is 0.190. The Morgan fingerprint density at radius 2 is 2.00 bits per heavy atom. The van der Waals surface area contributed by atoms with Crippen LogP contribution < -0.4 is 10.2 Å². The van der Waals surface area contributed by atoms with E-state index in [1.54, 1.807) is 0 Å². The van der Waals surface area contributed by atoms with Crippen molar-refractivity contribution in [2.45, 2.75) is 9.96 Å². The standard InChI is InChI=1S/C8H12Cl3FN2O2/c9-8(10,11)7(13-6(15)5-12)14-1-3-16-4-2-14/h7H,1-5H2,(H,13,15)/p+1/t7-/m0/s1. The van der Waals surface area contributed by atoms with Crippen LogP contribution in [-0.2, 0) is 9.53 Å². The number of halogens is 4. The van der Waals surface area contributed by atoms with Gasteiger partial charge in [0.1, 0.15) is 13.1 Å². The Kier molecular flexibility index (Phi) is 5.53. The van der Waals surface area contributed by atoms with Crippen LogP contribution in [0, 0.1) is 0 Å². The second-order valence-electron chi connectivity index (χ2n) is 3.45. The molecule has 0 aromatic rings. The molecule has 1 saturated heterocycles. The van der Waals surface area contributed by atoms with Gasteiger partial charge >= 0.3 is 0 Å². The number of rotatable bonds is 3. The van der Waals surface area contributed by atoms with Crippen LogP contribution in [0.4, 0.5) is 4.39 Å². The van der Waals surface area contributed by atoms with Gasteiger partial charge in [-0.25, -0.2) is 4.39 Å². The number of morpholine rings is 1. The Morgan fingerprint density at radius 1 is 1.44 bits per heavy atom. The summed E-state index contributed by atoms with van der Waals surface area (Å²) in [6.07, 6.45) is -0.760. The largest absolute Gasteiger partial charge is 0.370 e. The monoisotopic (exact) mass is 293 g/mol. The van der Waals surface area contributed by atoms with Crippen LogP contribution in [0.15, 0.2) is 0 Å². The van der Waals surface area contributed by atoms with Crippen molar-refractivity contribution >= 4 is 40.7 Å². The summed E-state index contributed by atoms with van der Waals surface area (Å²) in [6.45, 7) is 1.13. The zero-order valence-corrected chi connectivity index (χ0v) is 10.7. The third-order valence-corrected chi connectivity index (χ3v) is 2.95. The molecule has 0 unspecified atom stereocenters. The molecule has 1 heterocycles. The van der Waals surface area contributed by atoms with Gasteiger partial charge in [0.05, 0.1) is 13.2 Å². The fourth-order valence-electron chi connectivity index (χ4n) is 1.54. The maximum absolute atomic E-state index is 12.1. The van der Waals surface area contributed by atoms with Gasteiger partial charge in [0.15, 0.2) is 6.67 Å². The fraction of sp³-hybridized carbons (Fsp3) is 0.875. The van der Waals surface area contributed by atoms with E-state index in [2.05, 4.69) is 5.32 Å². The van der Waals surface area contributed by atoms with Gasteiger partial charge in [-0.15, -0.1) is 0 Å². The molecule has 0 aliphatic carbocycles. The predicted octanol–water partition coefficient (Wildman–Crippen LogP) is -0.317. The summed E-state index contributed by atoms with van der Waals surface area (Å²) in [5, 5.41) is 2.37. The number of carbonyl (C=O) groups is 1. The number of nitrogens with one attached hydrogen (secondary N) is 2. The first-order valence-electron chi connectivity index (χ1n) is 4.79. The van der Waals surface area contributed by atoms with E-state index < -0.39 is 22.5 Å². The normalized spacial score (nSPS) is 20.5. The van der Waals surface area contributed by atoms with E-state index >= 15 is 0 Å². The molecule has 0 saturated carbocycles. The highest BCUT2D eigenvalue weighted by Crippen LogP contribution is 2.27. The molecule has 4 nitrogen and oxygen atoms in total. The van der Waals surface area contributed by atoms with Crippen molar-refractivity contribution in [3.05, 3.63) is 0 Å². The molecule has 1 atom stereocenters. The third-order valence-electron chi connectivity index (χ3n) is 2.30. The molecule has 0 spiro atoms. The number of carbonyl (C=O) groups excluding carboxylic acids is 1. The quantitative estimate of drug-likeness (QED) is 0.701. The van der Waals surface area contributed by atoms with Crippen LogP contribution in [0.5, 0.6) is 0 Å². The Balaban J connectivity index is 2.66. The number of alkyl halides is 4. The molecule has 1 aliphatic rings. The molecule has 1 aliphatic heterocycles. The van der Waals surface area contributed by atoms with E-state index in [1.807, 2.05) is 0 Å². The second-order valence-corrected chi connectivity index (χ2v) is 5.82. The van der Waals surface area contributed by atoms with Gasteiger partial charge in [0, 0.05) is 0 Å². The van der Waals surface area contributed by atoms with E-state index in [9.17, 15) is 9.18 Å². The van der Waals surface area contributed by atoms with Gasteiger partial charge in [-0.05, 0) is 0 Å². The molecule has 0 aromatic heterocycles. The lowest BCUT2D eigenvalue weighted by atomic mass is 10.3. The minimum atomic E-state index is -1.67. The van der Waals surface area contributed by atoms with Crippen LogP contribution in [0.2, 0.25) is 0 Å². The highest BCUT2D eigenvalue weighted by atomic mass is 35.6. The first kappa shape index (κ1) is 14.3. The molecule has 1 fully saturated rings. The lowest BCUT2D eigenvalue weighted by molar-refractivity contribution is -0.934. The van der Waals surface area contributed by atoms with Crippen molar-refractivity contribution in [1.82, 2.24) is 5.32 Å². The Bertz CT molecular complexity index is 244. The van der Waals surface area contributed by atoms with Crippen LogP contribution in [0.1, 0.15) is 0 Å². The minimum absolute atomic E-state index is 0.526. The van der Waals surface area contributed by atoms with Gasteiger partial charge < -0.3 is 15.0 Å². The van der Waals surface area contributed by atoms with E-state index in [1.165, 1.54) is 0 Å². The minimum Gasteiger partial charge on any atom is -0.370 e. The fourth-order valence-corrected chi connectivity index (χ4v) is 2.16. The van der Waals surface area contributed by atoms with Crippen LogP contribution >= 0.6 is 34.8 Å². The van der Waals surface area contributed by atoms with Crippen LogP contribution in [0.25, 0.3) is 0 Å². The maximum Gasteiger partial charge on any atom is 0.262 e. The smallest absolute Gasteiger partial charge is 0.262 e. The van der Waals surface area contributed by atoms with E-state index in [4.69, 9.17) is 39.5 Å². The average molecular weight is 295 g/mol. The van der Waals surface area contributed by atoms with E-state index in [0.29, 0.717) is 26.3 Å². The third kappa shape index (κ3) is 4.22. The molecule has 8 heteroatoms. The predicted molar refractivity (Wildman–Crippen MR) is 59.7 cm³/mol. The van der Waals surface area contributed by atoms with Crippen LogP contribution in [-0.4, -0.2) is 48.8 Å². The van der Waals surface area contributed by atoms with Gasteiger partial charge in [-0.3, -0.25) is 4.79 Å². The first-order valence-corrected chi connectivity index (χ1v) is 5.93. The Labute approximate surface area is 108 Å². The van der Waals surface area contributed by atoms with E-state index in [0.717, 1.165) is 4.90 Å². The number of amides is 1. The molecule has 94 valence electrons. The molecule has 0 radical (unpaired) electrons. The first-order chi connectivity index (χ1) is 7.45. The second kappa shape index (κ2) is 6.21. The summed E-state index contributed by atoms with van der Waals surface area (Å²) in [7, 11) is 0. The van der Waals surface area contributed by atoms with Crippen molar-refractivity contribution in [2.75, 3.05) is 33.0 Å². The SMILES string of the molecule is O=C(CF)N[C@@H]([NH+]1CCOCC1)C(Cl)(Cl)Cl. The van der Waals surface area contributed by atoms with Gasteiger partial charge in [-0.1, -0.05) is 34.8 Å². The molecule has 1 rings (SSSR count). The molecule has 1 amide bonds. The van der Waals surface area contributed by atoms with Crippen molar-refractivity contribution in [3.8, 4) is 0 Å². The summed E-state index contributed by atoms with van der Waals surface area (Å²) in [6, 6.07) is 0. The summed E-state index contributed by atoms with van der Waals surface area (Å²) in [4.78, 5) is 11.9. The number of ether oxygens (including phenoxy) is 1. The zero-order chi connectivity index (χ0) is 12.2. The topological polar surface area (TPSA) is 42.8 Å². The molecule has 0 bridgehead atoms. The number of hydrogen-bond acceptors (Lipinski definition) is 2. The van der Waals surface area contributed by atoms with E-state index in [-0.39, 0.29) is 0 Å². The summed E-state index contributed by atoms with van der Waals surface area (Å²) in [5.74, 6) is -0.782. The lowest BCUT2D eigenvalue weighted by Crippen LogP contribution is -3.21. The average Bonchev–Trinajstić information content (AvgIpc) is 2.25. The van der Waals surface area contributed by atoms with Gasteiger partial charge in [0.25, 0.3) is 9.70 Å². The molecule has 0 aromatic carbocycles. The summed E-state index contributed by atoms with van der Waals surface area (Å²) in [5.41, 5.74) is 0. The van der Waals surface area contributed by atoms with Crippen molar-refractivity contribution < 1.29 is 18.8 Å². The zero-order valence-electron chi connectivity index (χ0n) is 8.44. The maximum atomic E-state index is 12.1. The number of hydrogen-bond donors (Lipinski definition) is 2. The molecule has 16 heavy (non-hydrogen) atoms. The summed E-state index contributed by atoms with van der Waals surface area (Å²) < 4.78 is 15.6. The molecule has 2 N–H and O–H groups in total. The highest BCUT2D eigenvalue weighted by molar-refractivity contribution is 6.68. The number of quaternary nitrogens is 1. The van der Waals surface area contributed by atoms with Crippen LogP contribution in [0.3, 0.4) is 0 Å². The van der Waals surface area contributed by atoms with Crippen molar-refractivity contribution in [2.24, 2.45) is 0 Å². The summed E-state index contributed by atoms with van der Waals surface area (Å²) >= 11 is 17.3.